The zero-order chi connectivity index (χ0) is 11.0. The molecule has 0 saturated carbocycles. The van der Waals surface area contributed by atoms with Crippen LogP contribution in [0.25, 0.3) is 10.8 Å². The Morgan fingerprint density at radius 3 is 2.87 bits per heavy atom. The summed E-state index contributed by atoms with van der Waals surface area (Å²) in [6.45, 7) is 2.47. The van der Waals surface area contributed by atoms with Crippen LogP contribution in [0.2, 0.25) is 0 Å². The maximum atomic E-state index is 13.3. The highest BCUT2D eigenvalue weighted by Crippen LogP contribution is 2.20. The van der Waals surface area contributed by atoms with Crippen molar-refractivity contribution in [1.29, 1.82) is 0 Å². The van der Waals surface area contributed by atoms with Gasteiger partial charge in [-0.25, -0.2) is 4.39 Å². The van der Waals surface area contributed by atoms with Gasteiger partial charge in [0.05, 0.1) is 9.86 Å². The molecule has 2 aromatic rings. The van der Waals surface area contributed by atoms with E-state index < -0.39 is 5.82 Å². The fourth-order valence-corrected chi connectivity index (χ4v) is 1.89. The minimum atomic E-state index is -0.409. The second kappa shape index (κ2) is 3.77. The van der Waals surface area contributed by atoms with Gasteiger partial charge in [0, 0.05) is 12.7 Å². The maximum absolute atomic E-state index is 13.3. The standard InChI is InChI=1S/C11H9BrFNO/c1-2-14-4-3-7-5-9(12)10(13)6-8(7)11(14)15/h3-6H,2H2,1H3. The largest absolute Gasteiger partial charge is 0.315 e. The Kier molecular flexibility index (Phi) is 2.61. The van der Waals surface area contributed by atoms with E-state index >= 15 is 0 Å². The van der Waals surface area contributed by atoms with Crippen LogP contribution >= 0.6 is 15.9 Å². The minimum Gasteiger partial charge on any atom is -0.315 e. The summed E-state index contributed by atoms with van der Waals surface area (Å²) in [7, 11) is 0. The lowest BCUT2D eigenvalue weighted by atomic mass is 10.2. The van der Waals surface area contributed by atoms with Gasteiger partial charge in [0.15, 0.2) is 0 Å². The van der Waals surface area contributed by atoms with Gasteiger partial charge in [-0.1, -0.05) is 0 Å². The van der Waals surface area contributed by atoms with Crippen LogP contribution in [0.15, 0.2) is 33.7 Å². The molecular weight excluding hydrogens is 261 g/mol. The van der Waals surface area contributed by atoms with E-state index in [4.69, 9.17) is 0 Å². The lowest BCUT2D eigenvalue weighted by Gasteiger charge is -2.04. The first-order chi connectivity index (χ1) is 7.13. The predicted molar refractivity (Wildman–Crippen MR) is 61.5 cm³/mol. The average Bonchev–Trinajstić information content (AvgIpc) is 2.22. The van der Waals surface area contributed by atoms with Crippen molar-refractivity contribution in [2.75, 3.05) is 0 Å². The van der Waals surface area contributed by atoms with Gasteiger partial charge in [0.2, 0.25) is 0 Å². The van der Waals surface area contributed by atoms with Gasteiger partial charge in [0.25, 0.3) is 5.56 Å². The van der Waals surface area contributed by atoms with E-state index in [1.807, 2.05) is 13.0 Å². The third-order valence-corrected chi connectivity index (χ3v) is 2.97. The molecule has 78 valence electrons. The number of pyridine rings is 1. The fraction of sp³-hybridized carbons (Fsp3) is 0.182. The number of benzene rings is 1. The van der Waals surface area contributed by atoms with Crippen LogP contribution in [-0.4, -0.2) is 4.57 Å². The average molecular weight is 270 g/mol. The second-order valence-corrected chi connectivity index (χ2v) is 4.11. The van der Waals surface area contributed by atoms with Gasteiger partial charge in [0.1, 0.15) is 5.82 Å². The van der Waals surface area contributed by atoms with Gasteiger partial charge < -0.3 is 4.57 Å². The Hall–Kier alpha value is -1.16. The first-order valence-electron chi connectivity index (χ1n) is 4.61. The zero-order valence-electron chi connectivity index (χ0n) is 8.13. The van der Waals surface area contributed by atoms with Gasteiger partial charge in [-0.2, -0.15) is 0 Å². The molecule has 0 aliphatic heterocycles. The SMILES string of the molecule is CCn1ccc2cc(Br)c(F)cc2c1=O. The van der Waals surface area contributed by atoms with Crippen LogP contribution in [0, 0.1) is 5.82 Å². The first kappa shape index (κ1) is 10.4. The fourth-order valence-electron chi connectivity index (χ4n) is 1.53. The Morgan fingerprint density at radius 1 is 1.47 bits per heavy atom. The molecule has 1 aromatic carbocycles. The van der Waals surface area contributed by atoms with E-state index in [1.54, 1.807) is 16.8 Å². The van der Waals surface area contributed by atoms with E-state index in [9.17, 15) is 9.18 Å². The van der Waals surface area contributed by atoms with Crippen LogP contribution in [0.3, 0.4) is 0 Å². The van der Waals surface area contributed by atoms with E-state index in [1.165, 1.54) is 6.07 Å². The monoisotopic (exact) mass is 269 g/mol. The molecule has 0 spiro atoms. The molecule has 0 bridgehead atoms. The van der Waals surface area contributed by atoms with Crippen molar-refractivity contribution < 1.29 is 4.39 Å². The van der Waals surface area contributed by atoms with Crippen molar-refractivity contribution in [2.24, 2.45) is 0 Å². The maximum Gasteiger partial charge on any atom is 0.258 e. The second-order valence-electron chi connectivity index (χ2n) is 3.26. The molecule has 1 heterocycles. The van der Waals surface area contributed by atoms with E-state index in [-0.39, 0.29) is 5.56 Å². The number of aryl methyl sites for hydroxylation is 1. The number of rotatable bonds is 1. The van der Waals surface area contributed by atoms with Crippen molar-refractivity contribution in [3.8, 4) is 0 Å². The summed E-state index contributed by atoms with van der Waals surface area (Å²) in [5.74, 6) is -0.409. The molecule has 0 atom stereocenters. The number of aromatic nitrogens is 1. The third-order valence-electron chi connectivity index (χ3n) is 2.36. The molecule has 2 nitrogen and oxygen atoms in total. The summed E-state index contributed by atoms with van der Waals surface area (Å²) in [5.41, 5.74) is -0.151. The highest BCUT2D eigenvalue weighted by atomic mass is 79.9. The van der Waals surface area contributed by atoms with Crippen LogP contribution in [0.5, 0.6) is 0 Å². The normalized spacial score (nSPS) is 10.9. The van der Waals surface area contributed by atoms with Gasteiger partial charge in [-0.05, 0) is 46.4 Å². The van der Waals surface area contributed by atoms with E-state index in [0.717, 1.165) is 5.39 Å². The molecule has 0 fully saturated rings. The lowest BCUT2D eigenvalue weighted by molar-refractivity contribution is 0.622. The van der Waals surface area contributed by atoms with Crippen molar-refractivity contribution in [3.63, 3.8) is 0 Å². The Bertz CT molecular complexity index is 577. The summed E-state index contributed by atoms with van der Waals surface area (Å²) in [6.07, 6.45) is 1.72. The van der Waals surface area contributed by atoms with E-state index in [0.29, 0.717) is 16.4 Å². The lowest BCUT2D eigenvalue weighted by Crippen LogP contribution is -2.18. The van der Waals surface area contributed by atoms with Crippen LogP contribution in [0.1, 0.15) is 6.92 Å². The number of halogens is 2. The molecule has 0 unspecified atom stereocenters. The summed E-state index contributed by atoms with van der Waals surface area (Å²) in [5, 5.41) is 1.16. The molecule has 0 radical (unpaired) electrons. The molecule has 15 heavy (non-hydrogen) atoms. The zero-order valence-corrected chi connectivity index (χ0v) is 9.71. The third kappa shape index (κ3) is 1.69. The summed E-state index contributed by atoms with van der Waals surface area (Å²) < 4.78 is 15.2. The van der Waals surface area contributed by atoms with Crippen molar-refractivity contribution in [1.82, 2.24) is 4.57 Å². The highest BCUT2D eigenvalue weighted by molar-refractivity contribution is 9.10. The predicted octanol–water partition coefficient (Wildman–Crippen LogP) is 2.92. The molecule has 0 aliphatic carbocycles. The number of hydrogen-bond acceptors (Lipinski definition) is 1. The molecule has 2 rings (SSSR count). The quantitative estimate of drug-likeness (QED) is 0.780. The van der Waals surface area contributed by atoms with Crippen LogP contribution in [-0.2, 0) is 6.54 Å². The molecule has 0 aliphatic rings. The number of fused-ring (bicyclic) bond motifs is 1. The molecular formula is C11H9BrFNO. The molecule has 0 amide bonds. The number of hydrogen-bond donors (Lipinski definition) is 0. The summed E-state index contributed by atoms with van der Waals surface area (Å²) in [6, 6.07) is 4.70. The van der Waals surface area contributed by atoms with Crippen molar-refractivity contribution >= 4 is 26.7 Å². The van der Waals surface area contributed by atoms with Gasteiger partial charge in [-0.15, -0.1) is 0 Å². The molecule has 1 aromatic heterocycles. The van der Waals surface area contributed by atoms with E-state index in [2.05, 4.69) is 15.9 Å². The summed E-state index contributed by atoms with van der Waals surface area (Å²) in [4.78, 5) is 11.8. The molecule has 0 N–H and O–H groups in total. The molecule has 4 heteroatoms. The Balaban J connectivity index is 2.88. The van der Waals surface area contributed by atoms with Crippen LogP contribution in [0.4, 0.5) is 4.39 Å². The smallest absolute Gasteiger partial charge is 0.258 e. The first-order valence-corrected chi connectivity index (χ1v) is 5.41. The van der Waals surface area contributed by atoms with Gasteiger partial charge in [-0.3, -0.25) is 4.79 Å². The summed E-state index contributed by atoms with van der Waals surface area (Å²) >= 11 is 3.09. The van der Waals surface area contributed by atoms with Crippen molar-refractivity contribution in [3.05, 3.63) is 45.0 Å². The molecule has 0 saturated heterocycles. The Labute approximate surface area is 94.5 Å². The topological polar surface area (TPSA) is 22.0 Å². The highest BCUT2D eigenvalue weighted by Gasteiger charge is 2.06. The van der Waals surface area contributed by atoms with Crippen molar-refractivity contribution in [2.45, 2.75) is 13.5 Å². The number of nitrogens with zero attached hydrogens (tertiary/aromatic N) is 1. The van der Waals surface area contributed by atoms with Crippen LogP contribution < -0.4 is 5.56 Å². The van der Waals surface area contributed by atoms with Gasteiger partial charge >= 0.3 is 0 Å². The minimum absolute atomic E-state index is 0.151. The Morgan fingerprint density at radius 2 is 2.20 bits per heavy atom.